The van der Waals surface area contributed by atoms with Gasteiger partial charge in [0.25, 0.3) is 0 Å². The number of carbonyl (C=O) groups is 2. The van der Waals surface area contributed by atoms with Crippen LogP contribution in [0.2, 0.25) is 0 Å². The lowest BCUT2D eigenvalue weighted by atomic mass is 10.1. The fourth-order valence-corrected chi connectivity index (χ4v) is 1.47. The highest BCUT2D eigenvalue weighted by Crippen LogP contribution is 2.20. The number of esters is 2. The van der Waals surface area contributed by atoms with E-state index in [1.54, 1.807) is 18.2 Å². The topological polar surface area (TPSA) is 43.4 Å². The third-order valence-electron chi connectivity index (χ3n) is 2.10. The number of fused-ring (bicyclic) bond motifs is 1. The van der Waals surface area contributed by atoms with Gasteiger partial charge in [0.1, 0.15) is 0 Å². The van der Waals surface area contributed by atoms with Crippen molar-refractivity contribution in [1.82, 2.24) is 0 Å². The molecule has 0 radical (unpaired) electrons. The molecule has 16 heavy (non-hydrogen) atoms. The molecule has 1 heterocycles. The van der Waals surface area contributed by atoms with Crippen LogP contribution in [0.15, 0.2) is 18.2 Å². The van der Waals surface area contributed by atoms with Crippen LogP contribution in [-0.4, -0.2) is 17.8 Å². The summed E-state index contributed by atoms with van der Waals surface area (Å²) in [6, 6.07) is 4.79. The number of carbonyl (C=O) groups excluding carboxylic acids is 2. The molecule has 4 heteroatoms. The summed E-state index contributed by atoms with van der Waals surface area (Å²) in [5, 5.41) is 0. The zero-order chi connectivity index (χ0) is 11.5. The number of benzene rings is 1. The Morgan fingerprint density at radius 3 is 2.69 bits per heavy atom. The second kappa shape index (κ2) is 4.38. The molecular formula is C12H7ClO3. The summed E-state index contributed by atoms with van der Waals surface area (Å²) in [4.78, 5) is 22.4. The fraction of sp³-hybridized carbons (Fsp3) is 0.167. The molecule has 2 rings (SSSR count). The number of cyclic esters (lactones) is 2. The maximum Gasteiger partial charge on any atom is 0.346 e. The van der Waals surface area contributed by atoms with Crippen molar-refractivity contribution in [3.05, 3.63) is 34.9 Å². The predicted molar refractivity (Wildman–Crippen MR) is 58.4 cm³/mol. The molecule has 1 aromatic rings. The molecule has 1 aromatic carbocycles. The molecule has 0 saturated heterocycles. The molecule has 0 fully saturated rings. The van der Waals surface area contributed by atoms with Gasteiger partial charge >= 0.3 is 11.9 Å². The van der Waals surface area contributed by atoms with Crippen LogP contribution in [0.4, 0.5) is 0 Å². The monoisotopic (exact) mass is 234 g/mol. The molecule has 0 spiro atoms. The first kappa shape index (κ1) is 10.7. The molecule has 0 N–H and O–H groups in total. The lowest BCUT2D eigenvalue weighted by Crippen LogP contribution is -1.96. The third kappa shape index (κ3) is 1.93. The van der Waals surface area contributed by atoms with Crippen LogP contribution >= 0.6 is 11.6 Å². The summed E-state index contributed by atoms with van der Waals surface area (Å²) in [5.74, 6) is 4.97. The maximum absolute atomic E-state index is 11.2. The molecule has 0 atom stereocenters. The van der Waals surface area contributed by atoms with Crippen LogP contribution in [0.1, 0.15) is 32.7 Å². The van der Waals surface area contributed by atoms with Gasteiger partial charge in [-0.25, -0.2) is 9.59 Å². The van der Waals surface area contributed by atoms with Crippen molar-refractivity contribution in [3.63, 3.8) is 0 Å². The van der Waals surface area contributed by atoms with Crippen molar-refractivity contribution >= 4 is 23.5 Å². The molecule has 3 nitrogen and oxygen atoms in total. The number of hydrogen-bond acceptors (Lipinski definition) is 3. The summed E-state index contributed by atoms with van der Waals surface area (Å²) in [5.41, 5.74) is 1.26. The van der Waals surface area contributed by atoms with Crippen molar-refractivity contribution in [2.75, 3.05) is 5.88 Å². The minimum absolute atomic E-state index is 0.280. The summed E-state index contributed by atoms with van der Waals surface area (Å²) in [6.07, 6.45) is 0.585. The largest absolute Gasteiger partial charge is 0.386 e. The van der Waals surface area contributed by atoms with E-state index < -0.39 is 11.9 Å². The minimum Gasteiger partial charge on any atom is -0.386 e. The molecule has 0 unspecified atom stereocenters. The van der Waals surface area contributed by atoms with E-state index in [9.17, 15) is 9.59 Å². The van der Waals surface area contributed by atoms with E-state index in [2.05, 4.69) is 16.6 Å². The highest BCUT2D eigenvalue weighted by atomic mass is 35.5. The van der Waals surface area contributed by atoms with Crippen LogP contribution in [0.3, 0.4) is 0 Å². The van der Waals surface area contributed by atoms with Gasteiger partial charge in [-0.05, 0) is 18.2 Å². The Morgan fingerprint density at radius 2 is 1.94 bits per heavy atom. The van der Waals surface area contributed by atoms with Gasteiger partial charge in [-0.3, -0.25) is 0 Å². The molecule has 1 aliphatic rings. The maximum atomic E-state index is 11.2. The van der Waals surface area contributed by atoms with E-state index in [1.165, 1.54) is 0 Å². The van der Waals surface area contributed by atoms with Crippen LogP contribution in [0, 0.1) is 11.8 Å². The molecule has 0 bridgehead atoms. The fourth-order valence-electron chi connectivity index (χ4n) is 1.37. The van der Waals surface area contributed by atoms with Crippen molar-refractivity contribution < 1.29 is 14.3 Å². The quantitative estimate of drug-likeness (QED) is 0.323. The molecule has 0 aromatic heterocycles. The Morgan fingerprint density at radius 1 is 1.19 bits per heavy atom. The Hall–Kier alpha value is -1.79. The summed E-state index contributed by atoms with van der Waals surface area (Å²) < 4.78 is 4.47. The van der Waals surface area contributed by atoms with Crippen molar-refractivity contribution in [1.29, 1.82) is 0 Å². The van der Waals surface area contributed by atoms with E-state index in [1.807, 2.05) is 0 Å². The third-order valence-corrected chi connectivity index (χ3v) is 2.29. The number of halogens is 1. The van der Waals surface area contributed by atoms with Crippen molar-refractivity contribution in [2.45, 2.75) is 6.42 Å². The Balaban J connectivity index is 2.34. The van der Waals surface area contributed by atoms with Crippen molar-refractivity contribution in [2.24, 2.45) is 0 Å². The zero-order valence-corrected chi connectivity index (χ0v) is 9.00. The molecule has 1 aliphatic heterocycles. The van der Waals surface area contributed by atoms with E-state index in [0.717, 1.165) is 0 Å². The van der Waals surface area contributed by atoms with Gasteiger partial charge in [0.05, 0.1) is 11.1 Å². The second-order valence-electron chi connectivity index (χ2n) is 3.18. The van der Waals surface area contributed by atoms with Gasteiger partial charge in [0.2, 0.25) is 0 Å². The smallest absolute Gasteiger partial charge is 0.346 e. The first-order valence-corrected chi connectivity index (χ1v) is 5.21. The first-order valence-electron chi connectivity index (χ1n) is 4.68. The molecule has 0 aliphatic carbocycles. The summed E-state index contributed by atoms with van der Waals surface area (Å²) >= 11 is 5.48. The number of alkyl halides is 1. The van der Waals surface area contributed by atoms with E-state index >= 15 is 0 Å². The predicted octanol–water partition coefficient (Wildman–Crippen LogP) is 1.98. The first-order chi connectivity index (χ1) is 7.72. The van der Waals surface area contributed by atoms with Crippen LogP contribution in [-0.2, 0) is 4.74 Å². The average Bonchev–Trinajstić information content (AvgIpc) is 2.55. The zero-order valence-electron chi connectivity index (χ0n) is 8.25. The molecule has 0 amide bonds. The van der Waals surface area contributed by atoms with Crippen molar-refractivity contribution in [3.8, 4) is 11.8 Å². The lowest BCUT2D eigenvalue weighted by molar-refractivity contribution is 0.0444. The second-order valence-corrected chi connectivity index (χ2v) is 3.56. The van der Waals surface area contributed by atoms with Crippen LogP contribution < -0.4 is 0 Å². The molecular weight excluding hydrogens is 228 g/mol. The van der Waals surface area contributed by atoms with E-state index in [0.29, 0.717) is 23.4 Å². The van der Waals surface area contributed by atoms with Gasteiger partial charge in [0, 0.05) is 17.9 Å². The minimum atomic E-state index is -0.610. The molecule has 0 saturated carbocycles. The number of ether oxygens (including phenoxy) is 1. The summed E-state index contributed by atoms with van der Waals surface area (Å²) in [6.45, 7) is 0. The standard InChI is InChI=1S/C12H7ClO3/c13-6-2-1-3-8-4-5-9-10(7-8)12(15)16-11(9)14/h4-5,7H,2,6H2. The summed E-state index contributed by atoms with van der Waals surface area (Å²) in [7, 11) is 0. The average molecular weight is 235 g/mol. The number of hydrogen-bond donors (Lipinski definition) is 0. The van der Waals surface area contributed by atoms with Gasteiger partial charge in [-0.15, -0.1) is 11.6 Å². The number of rotatable bonds is 1. The SMILES string of the molecule is O=C1OC(=O)c2cc(C#CCCCl)ccc21. The highest BCUT2D eigenvalue weighted by molar-refractivity contribution is 6.18. The van der Waals surface area contributed by atoms with E-state index in [4.69, 9.17) is 11.6 Å². The van der Waals surface area contributed by atoms with Crippen LogP contribution in [0.25, 0.3) is 0 Å². The Bertz CT molecular complexity index is 523. The normalized spacial score (nSPS) is 12.8. The van der Waals surface area contributed by atoms with Crippen LogP contribution in [0.5, 0.6) is 0 Å². The van der Waals surface area contributed by atoms with Gasteiger partial charge < -0.3 is 4.74 Å². The van der Waals surface area contributed by atoms with Gasteiger partial charge in [0.15, 0.2) is 0 Å². The van der Waals surface area contributed by atoms with E-state index in [-0.39, 0.29) is 5.56 Å². The lowest BCUT2D eigenvalue weighted by Gasteiger charge is -1.93. The Kier molecular flexibility index (Phi) is 2.93. The highest BCUT2D eigenvalue weighted by Gasteiger charge is 2.29. The van der Waals surface area contributed by atoms with Gasteiger partial charge in [-0.2, -0.15) is 0 Å². The Labute approximate surface area is 97.4 Å². The molecule has 80 valence electrons. The van der Waals surface area contributed by atoms with Gasteiger partial charge in [-0.1, -0.05) is 11.8 Å².